The fourth-order valence-corrected chi connectivity index (χ4v) is 6.05. The molecule has 3 aromatic heterocycles. The van der Waals surface area contributed by atoms with Gasteiger partial charge >= 0.3 is 0 Å². The van der Waals surface area contributed by atoms with Gasteiger partial charge in [0.25, 0.3) is 11.5 Å². The first kappa shape index (κ1) is 21.9. The number of aromatic nitrogens is 5. The number of halogens is 1. The fraction of sp³-hybridized carbons (Fsp3) is 0.261. The molecule has 1 saturated heterocycles. The van der Waals surface area contributed by atoms with E-state index in [1.54, 1.807) is 28.8 Å². The van der Waals surface area contributed by atoms with Crippen molar-refractivity contribution < 1.29 is 4.79 Å². The number of carbonyl (C=O) groups is 1. The Bertz CT molecular complexity index is 1540. The highest BCUT2D eigenvalue weighted by atomic mass is 35.5. The van der Waals surface area contributed by atoms with Crippen LogP contribution in [0.25, 0.3) is 11.2 Å². The van der Waals surface area contributed by atoms with E-state index in [9.17, 15) is 9.59 Å². The predicted octanol–water partition coefficient (Wildman–Crippen LogP) is 2.47. The third kappa shape index (κ3) is 3.62. The minimum atomic E-state index is -0.228. The average Bonchev–Trinajstić information content (AvgIpc) is 3.52. The number of amides is 1. The van der Waals surface area contributed by atoms with Crippen LogP contribution in [-0.4, -0.2) is 60.3 Å². The van der Waals surface area contributed by atoms with Gasteiger partial charge in [0, 0.05) is 31.6 Å². The van der Waals surface area contributed by atoms with Crippen molar-refractivity contribution >= 4 is 46.6 Å². The van der Waals surface area contributed by atoms with Crippen molar-refractivity contribution in [1.82, 2.24) is 29.0 Å². The smallest absolute Gasteiger partial charge is 0.284 e. The summed E-state index contributed by atoms with van der Waals surface area (Å²) < 4.78 is 3.14. The first-order valence-electron chi connectivity index (χ1n) is 11.1. The molecule has 1 fully saturated rings. The molecule has 4 aromatic rings. The van der Waals surface area contributed by atoms with Gasteiger partial charge in [0.15, 0.2) is 5.16 Å². The predicted molar refractivity (Wildman–Crippen MR) is 135 cm³/mol. The van der Waals surface area contributed by atoms with Gasteiger partial charge in [-0.25, -0.2) is 9.50 Å². The Labute approximate surface area is 209 Å². The van der Waals surface area contributed by atoms with Crippen LogP contribution < -0.4 is 16.2 Å². The van der Waals surface area contributed by atoms with Crippen LogP contribution in [-0.2, 0) is 6.54 Å². The monoisotopic (exact) mass is 508 g/mol. The second kappa shape index (κ2) is 8.28. The number of thioether (sulfide) groups is 1. The molecule has 12 heteroatoms. The van der Waals surface area contributed by atoms with Crippen LogP contribution in [0.3, 0.4) is 0 Å². The number of nitrogen functional groups attached to an aromatic ring is 1. The van der Waals surface area contributed by atoms with Gasteiger partial charge in [0.1, 0.15) is 16.9 Å². The van der Waals surface area contributed by atoms with Crippen LogP contribution in [0.4, 0.5) is 11.8 Å². The number of hydrogen-bond acceptors (Lipinski definition) is 8. The summed E-state index contributed by atoms with van der Waals surface area (Å²) in [4.78, 5) is 38.6. The Morgan fingerprint density at radius 1 is 1.14 bits per heavy atom. The van der Waals surface area contributed by atoms with Crippen molar-refractivity contribution in [1.29, 1.82) is 0 Å². The number of hydrogen-bond donors (Lipinski definition) is 1. The van der Waals surface area contributed by atoms with Crippen LogP contribution in [0, 0.1) is 0 Å². The first-order chi connectivity index (χ1) is 16.9. The molecule has 1 aromatic carbocycles. The largest absolute Gasteiger partial charge is 0.368 e. The molecule has 1 atom stereocenters. The molecule has 0 spiro atoms. The van der Waals surface area contributed by atoms with E-state index >= 15 is 0 Å². The molecule has 35 heavy (non-hydrogen) atoms. The molecule has 10 nitrogen and oxygen atoms in total. The first-order valence-corrected chi connectivity index (χ1v) is 12.3. The zero-order valence-corrected chi connectivity index (χ0v) is 20.3. The highest BCUT2D eigenvalue weighted by Gasteiger charge is 2.35. The van der Waals surface area contributed by atoms with Crippen LogP contribution in [0.5, 0.6) is 0 Å². The van der Waals surface area contributed by atoms with E-state index in [0.717, 1.165) is 12.1 Å². The molecule has 6 rings (SSSR count). The minimum absolute atomic E-state index is 0.0966. The van der Waals surface area contributed by atoms with Crippen LogP contribution in [0.1, 0.15) is 22.5 Å². The lowest BCUT2D eigenvalue weighted by Crippen LogP contribution is -2.27. The van der Waals surface area contributed by atoms with Crippen LogP contribution >= 0.6 is 23.4 Å². The lowest BCUT2D eigenvalue weighted by Gasteiger charge is -2.20. The topological polar surface area (TPSA) is 115 Å². The number of nitrogens with zero attached hydrogens (tertiary/aromatic N) is 7. The highest BCUT2D eigenvalue weighted by Crippen LogP contribution is 2.35. The number of nitrogens with two attached hydrogens (primary N) is 1. The summed E-state index contributed by atoms with van der Waals surface area (Å²) in [6, 6.07) is 11.1. The molecule has 1 amide bonds. The Kier molecular flexibility index (Phi) is 5.19. The molecule has 5 heterocycles. The van der Waals surface area contributed by atoms with E-state index in [-0.39, 0.29) is 22.7 Å². The van der Waals surface area contributed by atoms with Gasteiger partial charge in [-0.15, -0.1) is 5.10 Å². The number of carbonyl (C=O) groups excluding carboxylic acids is 1. The molecule has 2 N–H and O–H groups in total. The Morgan fingerprint density at radius 3 is 2.74 bits per heavy atom. The van der Waals surface area contributed by atoms with E-state index < -0.39 is 0 Å². The van der Waals surface area contributed by atoms with Gasteiger partial charge in [-0.3, -0.25) is 14.2 Å². The van der Waals surface area contributed by atoms with E-state index in [2.05, 4.69) is 14.9 Å². The van der Waals surface area contributed by atoms with Crippen molar-refractivity contribution in [3.8, 4) is 5.69 Å². The zero-order valence-electron chi connectivity index (χ0n) is 18.8. The van der Waals surface area contributed by atoms with Gasteiger partial charge in [0.2, 0.25) is 5.95 Å². The normalized spacial score (nSPS) is 17.5. The Hall–Kier alpha value is -3.57. The summed E-state index contributed by atoms with van der Waals surface area (Å²) in [6.45, 7) is 1.75. The molecule has 1 unspecified atom stereocenters. The third-order valence-corrected chi connectivity index (χ3v) is 7.77. The number of rotatable bonds is 4. The standard InChI is InChI=1S/C23H21ClN8O2S/c1-29-12-16-17(20(29)33)19(27-22(25)26-16)30-9-7-14(11-30)35-23-28-31-10-8-15(24)18(31)21(34)32(23)13-5-3-2-4-6-13/h2-6,8,10,14H,7,9,11-12H2,1H3,(H2,25,26,27). The van der Waals surface area contributed by atoms with Gasteiger partial charge in [-0.2, -0.15) is 4.98 Å². The summed E-state index contributed by atoms with van der Waals surface area (Å²) >= 11 is 7.81. The lowest BCUT2D eigenvalue weighted by atomic mass is 10.2. The second-order valence-corrected chi connectivity index (χ2v) is 10.3. The second-order valence-electron chi connectivity index (χ2n) is 8.58. The molecule has 0 saturated carbocycles. The quantitative estimate of drug-likeness (QED) is 0.447. The Morgan fingerprint density at radius 2 is 1.94 bits per heavy atom. The summed E-state index contributed by atoms with van der Waals surface area (Å²) in [6.07, 6.45) is 2.51. The van der Waals surface area contributed by atoms with Gasteiger partial charge in [-0.1, -0.05) is 41.6 Å². The van der Waals surface area contributed by atoms with Crippen molar-refractivity contribution in [2.45, 2.75) is 23.4 Å². The fourth-order valence-electron chi connectivity index (χ4n) is 4.62. The maximum atomic E-state index is 13.4. The van der Waals surface area contributed by atoms with E-state index in [1.165, 1.54) is 16.3 Å². The van der Waals surface area contributed by atoms with Crippen molar-refractivity contribution in [3.63, 3.8) is 0 Å². The molecule has 0 radical (unpaired) electrons. The van der Waals surface area contributed by atoms with Crippen molar-refractivity contribution in [2.75, 3.05) is 30.8 Å². The highest BCUT2D eigenvalue weighted by molar-refractivity contribution is 7.99. The summed E-state index contributed by atoms with van der Waals surface area (Å²) in [5, 5.41) is 5.76. The van der Waals surface area contributed by atoms with Gasteiger partial charge in [0.05, 0.1) is 22.9 Å². The molecular formula is C23H21ClN8O2S. The maximum Gasteiger partial charge on any atom is 0.284 e. The summed E-state index contributed by atoms with van der Waals surface area (Å²) in [5.74, 6) is 0.638. The van der Waals surface area contributed by atoms with E-state index in [1.807, 2.05) is 30.3 Å². The molecular weight excluding hydrogens is 488 g/mol. The van der Waals surface area contributed by atoms with Crippen molar-refractivity contribution in [2.24, 2.45) is 0 Å². The zero-order chi connectivity index (χ0) is 24.3. The number of fused-ring (bicyclic) bond motifs is 2. The molecule has 2 aliphatic heterocycles. The molecule has 2 aliphatic rings. The molecule has 0 aliphatic carbocycles. The Balaban J connectivity index is 1.35. The molecule has 0 bridgehead atoms. The third-order valence-electron chi connectivity index (χ3n) is 6.27. The SMILES string of the molecule is CN1Cc2nc(N)nc(N3CCC(Sc4nn5ccc(Cl)c5c(=O)n4-c4ccccc4)C3)c2C1=O. The van der Waals surface area contributed by atoms with E-state index in [0.29, 0.717) is 52.4 Å². The van der Waals surface area contributed by atoms with Crippen molar-refractivity contribution in [3.05, 3.63) is 69.2 Å². The molecule has 178 valence electrons. The summed E-state index contributed by atoms with van der Waals surface area (Å²) in [5.41, 5.74) is 7.97. The number of anilines is 2. The number of para-hydroxylation sites is 1. The van der Waals surface area contributed by atoms with E-state index in [4.69, 9.17) is 22.4 Å². The number of benzene rings is 1. The van der Waals surface area contributed by atoms with Gasteiger partial charge < -0.3 is 15.5 Å². The average molecular weight is 509 g/mol. The lowest BCUT2D eigenvalue weighted by molar-refractivity contribution is 0.0816. The maximum absolute atomic E-state index is 13.4. The van der Waals surface area contributed by atoms with Crippen LogP contribution in [0.2, 0.25) is 5.02 Å². The van der Waals surface area contributed by atoms with Gasteiger partial charge in [-0.05, 0) is 24.6 Å². The van der Waals surface area contributed by atoms with Crippen LogP contribution in [0.15, 0.2) is 52.5 Å². The minimum Gasteiger partial charge on any atom is -0.368 e. The summed E-state index contributed by atoms with van der Waals surface area (Å²) in [7, 11) is 1.74.